The van der Waals surface area contributed by atoms with Crippen molar-refractivity contribution in [3.05, 3.63) is 24.3 Å². The number of rotatable bonds is 4. The summed E-state index contributed by atoms with van der Waals surface area (Å²) >= 11 is 2.02. The van der Waals surface area contributed by atoms with Gasteiger partial charge in [0.05, 0.1) is 12.6 Å². The van der Waals surface area contributed by atoms with Gasteiger partial charge in [0.25, 0.3) is 0 Å². The lowest BCUT2D eigenvalue weighted by Gasteiger charge is -2.50. The van der Waals surface area contributed by atoms with Crippen molar-refractivity contribution >= 4 is 17.4 Å². The van der Waals surface area contributed by atoms with Gasteiger partial charge >= 0.3 is 0 Å². The monoisotopic (exact) mass is 294 g/mol. The summed E-state index contributed by atoms with van der Waals surface area (Å²) in [6.45, 7) is 5.36. The van der Waals surface area contributed by atoms with E-state index in [0.29, 0.717) is 12.0 Å². The minimum atomic E-state index is 0.0427. The fourth-order valence-electron chi connectivity index (χ4n) is 3.07. The quantitative estimate of drug-likeness (QED) is 0.926. The van der Waals surface area contributed by atoms with Crippen molar-refractivity contribution in [3.63, 3.8) is 0 Å². The molecule has 2 N–H and O–H groups in total. The van der Waals surface area contributed by atoms with Crippen LogP contribution < -0.4 is 15.4 Å². The SMILES string of the molecule is COc1ccc(N(C)C2(CN)CSCC(C)(C)C2)cc1. The Morgan fingerprint density at radius 3 is 2.40 bits per heavy atom. The molecule has 1 saturated heterocycles. The van der Waals surface area contributed by atoms with Gasteiger partial charge in [0.2, 0.25) is 0 Å². The van der Waals surface area contributed by atoms with Crippen molar-refractivity contribution in [2.45, 2.75) is 25.8 Å². The number of hydrogen-bond acceptors (Lipinski definition) is 4. The number of nitrogens with zero attached hydrogens (tertiary/aromatic N) is 1. The molecule has 0 aliphatic carbocycles. The van der Waals surface area contributed by atoms with Gasteiger partial charge in [-0.3, -0.25) is 0 Å². The summed E-state index contributed by atoms with van der Waals surface area (Å²) in [5.41, 5.74) is 7.76. The van der Waals surface area contributed by atoms with Crippen LogP contribution in [0.25, 0.3) is 0 Å². The highest BCUT2D eigenvalue weighted by molar-refractivity contribution is 7.99. The molecule has 3 nitrogen and oxygen atoms in total. The van der Waals surface area contributed by atoms with Gasteiger partial charge in [-0.2, -0.15) is 11.8 Å². The molecule has 112 valence electrons. The minimum Gasteiger partial charge on any atom is -0.497 e. The largest absolute Gasteiger partial charge is 0.497 e. The van der Waals surface area contributed by atoms with Crippen LogP contribution in [0.5, 0.6) is 5.75 Å². The summed E-state index contributed by atoms with van der Waals surface area (Å²) < 4.78 is 5.23. The van der Waals surface area contributed by atoms with Gasteiger partial charge in [0.15, 0.2) is 0 Å². The van der Waals surface area contributed by atoms with Crippen LogP contribution in [-0.4, -0.2) is 37.7 Å². The van der Waals surface area contributed by atoms with E-state index in [2.05, 4.69) is 37.9 Å². The Balaban J connectivity index is 2.25. The van der Waals surface area contributed by atoms with Crippen LogP contribution in [0.3, 0.4) is 0 Å². The smallest absolute Gasteiger partial charge is 0.119 e. The summed E-state index contributed by atoms with van der Waals surface area (Å²) in [6.07, 6.45) is 1.13. The number of methoxy groups -OCH3 is 1. The van der Waals surface area contributed by atoms with Gasteiger partial charge in [-0.05, 0) is 41.9 Å². The normalized spacial score (nSPS) is 25.2. The van der Waals surface area contributed by atoms with Gasteiger partial charge in [-0.25, -0.2) is 0 Å². The molecule has 0 spiro atoms. The number of hydrogen-bond donors (Lipinski definition) is 1. The average Bonchev–Trinajstić information content (AvgIpc) is 2.45. The van der Waals surface area contributed by atoms with Crippen LogP contribution in [0.1, 0.15) is 20.3 Å². The topological polar surface area (TPSA) is 38.5 Å². The summed E-state index contributed by atoms with van der Waals surface area (Å²) in [5, 5.41) is 0. The summed E-state index contributed by atoms with van der Waals surface area (Å²) in [6, 6.07) is 8.25. The Kier molecular flexibility index (Phi) is 4.55. The third-order valence-electron chi connectivity index (χ3n) is 4.22. The molecular weight excluding hydrogens is 268 g/mol. The number of anilines is 1. The first-order valence-electron chi connectivity index (χ1n) is 7.08. The number of thioether (sulfide) groups is 1. The number of benzene rings is 1. The highest BCUT2D eigenvalue weighted by Crippen LogP contribution is 2.42. The molecule has 0 bridgehead atoms. The molecule has 1 aliphatic heterocycles. The van der Waals surface area contributed by atoms with E-state index < -0.39 is 0 Å². The Morgan fingerprint density at radius 2 is 1.90 bits per heavy atom. The lowest BCUT2D eigenvalue weighted by atomic mass is 9.78. The maximum absolute atomic E-state index is 6.17. The van der Waals surface area contributed by atoms with Crippen LogP contribution in [0.4, 0.5) is 5.69 Å². The standard InChI is InChI=1S/C16H26N2OS/c1-15(2)9-16(10-17,12-20-11-15)18(3)13-5-7-14(19-4)8-6-13/h5-8H,9-12,17H2,1-4H3. The minimum absolute atomic E-state index is 0.0427. The molecule has 1 aromatic rings. The van der Waals surface area contributed by atoms with Gasteiger partial charge in [-0.1, -0.05) is 13.8 Å². The van der Waals surface area contributed by atoms with Gasteiger partial charge < -0.3 is 15.4 Å². The van der Waals surface area contributed by atoms with E-state index in [-0.39, 0.29) is 5.54 Å². The van der Waals surface area contributed by atoms with Crippen LogP contribution in [-0.2, 0) is 0 Å². The second kappa shape index (κ2) is 5.86. The maximum atomic E-state index is 6.17. The van der Waals surface area contributed by atoms with E-state index in [1.165, 1.54) is 11.4 Å². The molecule has 0 radical (unpaired) electrons. The molecule has 0 aromatic heterocycles. The molecular formula is C16H26N2OS. The Morgan fingerprint density at radius 1 is 1.25 bits per heavy atom. The maximum Gasteiger partial charge on any atom is 0.119 e. The highest BCUT2D eigenvalue weighted by Gasteiger charge is 2.42. The Labute approximate surface area is 126 Å². The second-order valence-corrected chi connectivity index (χ2v) is 7.50. The van der Waals surface area contributed by atoms with Crippen molar-refractivity contribution in [2.75, 3.05) is 37.1 Å². The molecule has 4 heteroatoms. The van der Waals surface area contributed by atoms with Crippen molar-refractivity contribution in [3.8, 4) is 5.75 Å². The third-order valence-corrected chi connectivity index (χ3v) is 5.95. The van der Waals surface area contributed by atoms with E-state index in [1.807, 2.05) is 23.9 Å². The molecule has 1 unspecified atom stereocenters. The van der Waals surface area contributed by atoms with Crippen molar-refractivity contribution < 1.29 is 4.74 Å². The first-order valence-corrected chi connectivity index (χ1v) is 8.24. The number of nitrogens with two attached hydrogens (primary N) is 1. The Hall–Kier alpha value is -0.870. The molecule has 0 amide bonds. The molecule has 1 heterocycles. The number of ether oxygens (including phenoxy) is 1. The second-order valence-electron chi connectivity index (χ2n) is 6.52. The van der Waals surface area contributed by atoms with E-state index in [4.69, 9.17) is 10.5 Å². The van der Waals surface area contributed by atoms with Crippen molar-refractivity contribution in [2.24, 2.45) is 11.1 Å². The van der Waals surface area contributed by atoms with Crippen LogP contribution in [0, 0.1) is 5.41 Å². The zero-order chi connectivity index (χ0) is 14.8. The molecule has 1 fully saturated rings. The molecule has 2 rings (SSSR count). The van der Waals surface area contributed by atoms with E-state index >= 15 is 0 Å². The summed E-state index contributed by atoms with van der Waals surface area (Å²) in [7, 11) is 3.86. The zero-order valence-electron chi connectivity index (χ0n) is 13.0. The van der Waals surface area contributed by atoms with E-state index in [9.17, 15) is 0 Å². The van der Waals surface area contributed by atoms with Gasteiger partial charge in [-0.15, -0.1) is 0 Å². The first-order chi connectivity index (χ1) is 9.42. The molecule has 1 aliphatic rings. The molecule has 20 heavy (non-hydrogen) atoms. The third kappa shape index (κ3) is 3.07. The molecule has 1 aromatic carbocycles. The predicted molar refractivity (Wildman–Crippen MR) is 88.9 cm³/mol. The lowest BCUT2D eigenvalue weighted by Crippen LogP contribution is -2.59. The molecule has 1 atom stereocenters. The van der Waals surface area contributed by atoms with Gasteiger partial charge in [0.1, 0.15) is 5.75 Å². The first kappa shape index (κ1) is 15.5. The van der Waals surface area contributed by atoms with E-state index in [0.717, 1.165) is 17.9 Å². The number of likely N-dealkylation sites (N-methyl/N-ethyl adjacent to an activating group) is 1. The predicted octanol–water partition coefficient (Wildman–Crippen LogP) is 2.99. The van der Waals surface area contributed by atoms with Crippen LogP contribution in [0.15, 0.2) is 24.3 Å². The zero-order valence-corrected chi connectivity index (χ0v) is 13.8. The Bertz CT molecular complexity index is 446. The van der Waals surface area contributed by atoms with Gasteiger partial charge in [0, 0.05) is 25.0 Å². The molecule has 0 saturated carbocycles. The summed E-state index contributed by atoms with van der Waals surface area (Å²) in [5.74, 6) is 3.20. The fourth-order valence-corrected chi connectivity index (χ4v) is 4.62. The van der Waals surface area contributed by atoms with Crippen molar-refractivity contribution in [1.29, 1.82) is 0 Å². The average molecular weight is 294 g/mol. The van der Waals surface area contributed by atoms with Crippen LogP contribution >= 0.6 is 11.8 Å². The fraction of sp³-hybridized carbons (Fsp3) is 0.625. The highest BCUT2D eigenvalue weighted by atomic mass is 32.2. The van der Waals surface area contributed by atoms with Crippen molar-refractivity contribution in [1.82, 2.24) is 0 Å². The van der Waals surface area contributed by atoms with E-state index in [1.54, 1.807) is 7.11 Å². The van der Waals surface area contributed by atoms with Crippen LogP contribution in [0.2, 0.25) is 0 Å². The lowest BCUT2D eigenvalue weighted by molar-refractivity contribution is 0.265. The summed E-state index contributed by atoms with van der Waals surface area (Å²) in [4.78, 5) is 2.36.